The van der Waals surface area contributed by atoms with E-state index in [1.54, 1.807) is 0 Å². The lowest BCUT2D eigenvalue weighted by Gasteiger charge is -2.22. The Hall–Kier alpha value is -0.570. The van der Waals surface area contributed by atoms with Gasteiger partial charge in [-0.1, -0.05) is 60.3 Å². The zero-order valence-electron chi connectivity index (χ0n) is 14.7. The molecule has 21 heavy (non-hydrogen) atoms. The van der Waals surface area contributed by atoms with Crippen LogP contribution in [0.2, 0.25) is 0 Å². The molecule has 3 heteroatoms. The van der Waals surface area contributed by atoms with Crippen LogP contribution in [0.15, 0.2) is 0 Å². The third-order valence-corrected chi connectivity index (χ3v) is 3.98. The number of rotatable bonds is 11. The van der Waals surface area contributed by atoms with Gasteiger partial charge in [-0.05, 0) is 36.5 Å². The maximum Gasteiger partial charge on any atom is 0.303 e. The van der Waals surface area contributed by atoms with E-state index in [0.717, 1.165) is 38.5 Å². The first-order chi connectivity index (χ1) is 9.52. The number of hydrogen-bond donors (Lipinski definition) is 2. The van der Waals surface area contributed by atoms with Crippen molar-refractivity contribution in [1.29, 1.82) is 0 Å². The first kappa shape index (κ1) is 20.4. The molecule has 0 aliphatic carbocycles. The minimum absolute atomic E-state index is 0.135. The molecule has 1 unspecified atom stereocenters. The summed E-state index contributed by atoms with van der Waals surface area (Å²) in [7, 11) is 0. The van der Waals surface area contributed by atoms with Crippen molar-refractivity contribution in [3.05, 3.63) is 0 Å². The average molecular weight is 300 g/mol. The monoisotopic (exact) mass is 300 g/mol. The van der Waals surface area contributed by atoms with Crippen molar-refractivity contribution < 1.29 is 15.0 Å². The first-order valence-corrected chi connectivity index (χ1v) is 8.42. The summed E-state index contributed by atoms with van der Waals surface area (Å²) in [5.41, 5.74) is 0.254. The van der Waals surface area contributed by atoms with Gasteiger partial charge < -0.3 is 10.2 Å². The van der Waals surface area contributed by atoms with Crippen LogP contribution >= 0.6 is 0 Å². The van der Waals surface area contributed by atoms with Gasteiger partial charge in [0.2, 0.25) is 0 Å². The molecule has 0 saturated heterocycles. The van der Waals surface area contributed by atoms with Crippen LogP contribution < -0.4 is 0 Å². The van der Waals surface area contributed by atoms with E-state index in [4.69, 9.17) is 5.11 Å². The van der Waals surface area contributed by atoms with Gasteiger partial charge in [0, 0.05) is 0 Å². The minimum atomic E-state index is -0.723. The van der Waals surface area contributed by atoms with Crippen LogP contribution in [0.3, 0.4) is 0 Å². The van der Waals surface area contributed by atoms with Crippen molar-refractivity contribution in [2.24, 2.45) is 10.8 Å². The predicted molar refractivity (Wildman–Crippen MR) is 88.4 cm³/mol. The molecule has 0 aromatic rings. The number of aliphatic hydroxyl groups is 1. The summed E-state index contributed by atoms with van der Waals surface area (Å²) >= 11 is 0. The highest BCUT2D eigenvalue weighted by Gasteiger charge is 2.21. The lowest BCUT2D eigenvalue weighted by molar-refractivity contribution is -0.139. The Morgan fingerprint density at radius 1 is 0.905 bits per heavy atom. The van der Waals surface area contributed by atoms with Gasteiger partial charge in [0.1, 0.15) is 0 Å². The molecule has 1 atom stereocenters. The summed E-state index contributed by atoms with van der Waals surface area (Å²) < 4.78 is 0. The second kappa shape index (κ2) is 9.45. The molecule has 0 saturated carbocycles. The molecular weight excluding hydrogens is 264 g/mol. The highest BCUT2D eigenvalue weighted by Crippen LogP contribution is 2.28. The van der Waals surface area contributed by atoms with E-state index in [0.29, 0.717) is 5.41 Å². The van der Waals surface area contributed by atoms with Crippen LogP contribution in [0.1, 0.15) is 92.4 Å². The number of hydrogen-bond acceptors (Lipinski definition) is 2. The lowest BCUT2D eigenvalue weighted by atomic mass is 9.83. The van der Waals surface area contributed by atoms with Gasteiger partial charge in [0.15, 0.2) is 0 Å². The summed E-state index contributed by atoms with van der Waals surface area (Å²) in [5.74, 6) is -0.723. The van der Waals surface area contributed by atoms with Crippen molar-refractivity contribution in [2.45, 2.75) is 98.5 Å². The zero-order valence-corrected chi connectivity index (χ0v) is 14.7. The average Bonchev–Trinajstić information content (AvgIpc) is 2.27. The Labute approximate surface area is 131 Å². The first-order valence-electron chi connectivity index (χ1n) is 8.42. The third-order valence-electron chi connectivity index (χ3n) is 3.98. The smallest absolute Gasteiger partial charge is 0.303 e. The lowest BCUT2D eigenvalue weighted by Crippen LogP contribution is -2.17. The summed E-state index contributed by atoms with van der Waals surface area (Å²) in [4.78, 5) is 10.7. The van der Waals surface area contributed by atoms with Crippen LogP contribution in [0.5, 0.6) is 0 Å². The molecule has 0 aromatic carbocycles. The molecule has 2 N–H and O–H groups in total. The van der Waals surface area contributed by atoms with Gasteiger partial charge in [-0.15, -0.1) is 0 Å². The number of carboxylic acid groups (broad SMARTS) is 1. The number of unbranched alkanes of at least 4 members (excludes halogenated alkanes) is 2. The molecule has 0 aliphatic heterocycles. The summed E-state index contributed by atoms with van der Waals surface area (Å²) in [6.45, 7) is 10.8. The van der Waals surface area contributed by atoms with E-state index in [2.05, 4.69) is 20.8 Å². The summed E-state index contributed by atoms with van der Waals surface area (Å²) in [6.07, 6.45) is 8.18. The summed E-state index contributed by atoms with van der Waals surface area (Å²) in [6, 6.07) is 0. The van der Waals surface area contributed by atoms with Crippen LogP contribution in [0, 0.1) is 10.8 Å². The van der Waals surface area contributed by atoms with Crippen molar-refractivity contribution in [2.75, 3.05) is 0 Å². The van der Waals surface area contributed by atoms with E-state index < -0.39 is 5.97 Å². The van der Waals surface area contributed by atoms with Gasteiger partial charge in [-0.2, -0.15) is 0 Å². The van der Waals surface area contributed by atoms with Crippen molar-refractivity contribution in [1.82, 2.24) is 0 Å². The minimum Gasteiger partial charge on any atom is -0.481 e. The largest absolute Gasteiger partial charge is 0.481 e. The predicted octanol–water partition coefficient (Wildman–Crippen LogP) is 5.02. The van der Waals surface area contributed by atoms with Crippen molar-refractivity contribution in [3.63, 3.8) is 0 Å². The number of aliphatic carboxylic acids is 1. The highest BCUT2D eigenvalue weighted by atomic mass is 16.4. The van der Waals surface area contributed by atoms with E-state index in [-0.39, 0.29) is 17.9 Å². The van der Waals surface area contributed by atoms with Crippen molar-refractivity contribution in [3.8, 4) is 0 Å². The summed E-state index contributed by atoms with van der Waals surface area (Å²) in [5, 5.41) is 18.8. The van der Waals surface area contributed by atoms with E-state index in [9.17, 15) is 9.90 Å². The van der Waals surface area contributed by atoms with Crippen LogP contribution in [0.4, 0.5) is 0 Å². The molecule has 0 heterocycles. The fourth-order valence-corrected chi connectivity index (χ4v) is 2.66. The van der Waals surface area contributed by atoms with Crippen LogP contribution in [-0.4, -0.2) is 22.3 Å². The van der Waals surface area contributed by atoms with E-state index in [1.165, 1.54) is 12.8 Å². The van der Waals surface area contributed by atoms with Gasteiger partial charge in [-0.3, -0.25) is 4.79 Å². The van der Waals surface area contributed by atoms with Crippen LogP contribution in [0.25, 0.3) is 0 Å². The molecule has 0 amide bonds. The number of carbonyl (C=O) groups is 1. The van der Waals surface area contributed by atoms with E-state index in [1.807, 2.05) is 13.8 Å². The maximum atomic E-state index is 10.7. The normalized spacial score (nSPS) is 14.2. The molecule has 0 bridgehead atoms. The fraction of sp³-hybridized carbons (Fsp3) is 0.944. The molecule has 0 rings (SSSR count). The van der Waals surface area contributed by atoms with Gasteiger partial charge >= 0.3 is 5.97 Å². The maximum absolute atomic E-state index is 10.7. The van der Waals surface area contributed by atoms with Crippen molar-refractivity contribution >= 4 is 5.97 Å². The van der Waals surface area contributed by atoms with Gasteiger partial charge in [-0.25, -0.2) is 0 Å². The Morgan fingerprint density at radius 2 is 1.38 bits per heavy atom. The molecule has 0 radical (unpaired) electrons. The molecule has 126 valence electrons. The Morgan fingerprint density at radius 3 is 1.81 bits per heavy atom. The second-order valence-corrected chi connectivity index (χ2v) is 8.44. The Balaban J connectivity index is 3.62. The number of carboxylic acids is 1. The van der Waals surface area contributed by atoms with Gasteiger partial charge in [0.05, 0.1) is 12.5 Å². The molecular formula is C18H36O3. The molecule has 0 fully saturated rings. The molecule has 0 spiro atoms. The molecule has 3 nitrogen and oxygen atoms in total. The SMILES string of the molecule is CC(C)(C)CCCCC(O)CCCCC(C)(C)CC(=O)O. The second-order valence-electron chi connectivity index (χ2n) is 8.44. The molecule has 0 aliphatic rings. The Kier molecular flexibility index (Phi) is 9.19. The zero-order chi connectivity index (χ0) is 16.5. The van der Waals surface area contributed by atoms with Crippen LogP contribution in [-0.2, 0) is 4.79 Å². The van der Waals surface area contributed by atoms with Gasteiger partial charge in [0.25, 0.3) is 0 Å². The highest BCUT2D eigenvalue weighted by molar-refractivity contribution is 5.67. The Bertz CT molecular complexity index is 289. The quantitative estimate of drug-likeness (QED) is 0.527. The molecule has 0 aromatic heterocycles. The van der Waals surface area contributed by atoms with E-state index >= 15 is 0 Å². The third kappa shape index (κ3) is 14.1. The topological polar surface area (TPSA) is 57.5 Å². The standard InChI is InChI=1S/C18H36O3/c1-17(2,3)12-8-6-10-15(19)11-7-9-13-18(4,5)14-16(20)21/h15,19H,6-14H2,1-5H3,(H,20,21). The number of aliphatic hydroxyl groups excluding tert-OH is 1. The fourth-order valence-electron chi connectivity index (χ4n) is 2.66.